The zero-order chi connectivity index (χ0) is 17.0. The van der Waals surface area contributed by atoms with Crippen LogP contribution in [0.15, 0.2) is 24.4 Å². The molecular weight excluding hydrogens is 296 g/mol. The van der Waals surface area contributed by atoms with Gasteiger partial charge in [-0.2, -0.15) is 0 Å². The Kier molecular flexibility index (Phi) is 5.26. The van der Waals surface area contributed by atoms with Gasteiger partial charge in [-0.3, -0.25) is 4.79 Å². The smallest absolute Gasteiger partial charge is 0.326 e. The number of H-pyrrole nitrogens is 1. The molecule has 0 spiro atoms. The largest absolute Gasteiger partial charge is 0.497 e. The third kappa shape index (κ3) is 4.25. The third-order valence-electron chi connectivity index (χ3n) is 3.67. The number of hydrogen-bond donors (Lipinski definition) is 3. The van der Waals surface area contributed by atoms with Gasteiger partial charge < -0.3 is 20.1 Å². The monoisotopic (exact) mass is 318 g/mol. The van der Waals surface area contributed by atoms with E-state index in [1.807, 2.05) is 32.0 Å². The summed E-state index contributed by atoms with van der Waals surface area (Å²) in [5.74, 6) is -0.412. The zero-order valence-electron chi connectivity index (χ0n) is 13.6. The Morgan fingerprint density at radius 2 is 2.09 bits per heavy atom. The van der Waals surface area contributed by atoms with Gasteiger partial charge in [0.1, 0.15) is 11.8 Å². The molecule has 6 heteroatoms. The number of aliphatic carboxylic acids is 1. The molecule has 23 heavy (non-hydrogen) atoms. The van der Waals surface area contributed by atoms with Crippen molar-refractivity contribution in [2.24, 2.45) is 5.92 Å². The van der Waals surface area contributed by atoms with Crippen LogP contribution in [0.1, 0.15) is 25.8 Å². The average molecular weight is 318 g/mol. The number of aromatic amines is 1. The molecule has 1 amide bonds. The molecule has 1 atom stereocenters. The first kappa shape index (κ1) is 16.9. The number of methoxy groups -OCH3 is 1. The quantitative estimate of drug-likeness (QED) is 0.730. The minimum absolute atomic E-state index is 0.120. The molecule has 0 aliphatic heterocycles. The highest BCUT2D eigenvalue weighted by molar-refractivity contribution is 5.91. The van der Waals surface area contributed by atoms with Crippen LogP contribution in [0.5, 0.6) is 5.75 Å². The minimum atomic E-state index is -1.01. The van der Waals surface area contributed by atoms with E-state index in [1.54, 1.807) is 13.3 Å². The SMILES string of the molecule is COc1ccc2[nH]cc(CC(=O)NC(CC(C)C)C(=O)O)c2c1. The number of aromatic nitrogens is 1. The van der Waals surface area contributed by atoms with Crippen molar-refractivity contribution in [3.63, 3.8) is 0 Å². The van der Waals surface area contributed by atoms with Crippen molar-refractivity contribution >= 4 is 22.8 Å². The lowest BCUT2D eigenvalue weighted by molar-refractivity contribution is -0.142. The van der Waals surface area contributed by atoms with Gasteiger partial charge in [0, 0.05) is 17.1 Å². The van der Waals surface area contributed by atoms with Crippen molar-refractivity contribution in [3.05, 3.63) is 30.0 Å². The zero-order valence-corrected chi connectivity index (χ0v) is 13.6. The summed E-state index contributed by atoms with van der Waals surface area (Å²) in [7, 11) is 1.59. The van der Waals surface area contributed by atoms with Gasteiger partial charge in [-0.05, 0) is 36.1 Å². The predicted molar refractivity (Wildman–Crippen MR) is 87.6 cm³/mol. The molecule has 3 N–H and O–H groups in total. The molecule has 0 aliphatic carbocycles. The van der Waals surface area contributed by atoms with Crippen LogP contribution in [-0.2, 0) is 16.0 Å². The van der Waals surface area contributed by atoms with E-state index in [-0.39, 0.29) is 18.2 Å². The molecule has 2 aromatic rings. The number of carbonyl (C=O) groups is 2. The van der Waals surface area contributed by atoms with E-state index in [0.29, 0.717) is 12.2 Å². The maximum atomic E-state index is 12.2. The van der Waals surface area contributed by atoms with Gasteiger partial charge in [0.05, 0.1) is 13.5 Å². The molecular formula is C17H22N2O4. The second-order valence-corrected chi connectivity index (χ2v) is 5.99. The third-order valence-corrected chi connectivity index (χ3v) is 3.67. The van der Waals surface area contributed by atoms with E-state index < -0.39 is 12.0 Å². The lowest BCUT2D eigenvalue weighted by Gasteiger charge is -2.16. The van der Waals surface area contributed by atoms with Crippen LogP contribution in [0.25, 0.3) is 10.9 Å². The summed E-state index contributed by atoms with van der Waals surface area (Å²) in [5, 5.41) is 12.7. The Balaban J connectivity index is 2.12. The van der Waals surface area contributed by atoms with Crippen molar-refractivity contribution in [3.8, 4) is 5.75 Å². The first-order valence-electron chi connectivity index (χ1n) is 7.57. The molecule has 1 unspecified atom stereocenters. The number of nitrogens with one attached hydrogen (secondary N) is 2. The summed E-state index contributed by atoms with van der Waals surface area (Å²) in [6, 6.07) is 4.72. The van der Waals surface area contributed by atoms with Crippen molar-refractivity contribution in [1.82, 2.24) is 10.3 Å². The predicted octanol–water partition coefficient (Wildman–Crippen LogP) is 2.33. The van der Waals surface area contributed by atoms with Crippen LogP contribution in [0.2, 0.25) is 0 Å². The molecule has 0 radical (unpaired) electrons. The molecule has 1 aromatic carbocycles. The van der Waals surface area contributed by atoms with Gasteiger partial charge in [0.2, 0.25) is 5.91 Å². The molecule has 1 heterocycles. The molecule has 0 aliphatic rings. The Bertz CT molecular complexity index is 706. The number of fused-ring (bicyclic) bond motifs is 1. The van der Waals surface area contributed by atoms with Crippen LogP contribution < -0.4 is 10.1 Å². The number of amides is 1. The maximum absolute atomic E-state index is 12.2. The topological polar surface area (TPSA) is 91.4 Å². The Morgan fingerprint density at radius 3 is 2.70 bits per heavy atom. The van der Waals surface area contributed by atoms with Crippen molar-refractivity contribution < 1.29 is 19.4 Å². The van der Waals surface area contributed by atoms with E-state index in [9.17, 15) is 14.7 Å². The molecule has 0 saturated carbocycles. The van der Waals surface area contributed by atoms with Crippen LogP contribution in [0, 0.1) is 5.92 Å². The van der Waals surface area contributed by atoms with Gasteiger partial charge in [-0.1, -0.05) is 13.8 Å². The number of carboxylic acids is 1. The second-order valence-electron chi connectivity index (χ2n) is 5.99. The summed E-state index contributed by atoms with van der Waals surface area (Å²) in [4.78, 5) is 26.5. The lowest BCUT2D eigenvalue weighted by atomic mass is 10.0. The van der Waals surface area contributed by atoms with Crippen LogP contribution in [0.4, 0.5) is 0 Å². The molecule has 0 bridgehead atoms. The minimum Gasteiger partial charge on any atom is -0.497 e. The molecule has 124 valence electrons. The molecule has 2 rings (SSSR count). The van der Waals surface area contributed by atoms with E-state index in [1.165, 1.54) is 0 Å². The first-order valence-corrected chi connectivity index (χ1v) is 7.57. The van der Waals surface area contributed by atoms with Gasteiger partial charge in [0.15, 0.2) is 0 Å². The fourth-order valence-electron chi connectivity index (χ4n) is 2.54. The fraction of sp³-hybridized carbons (Fsp3) is 0.412. The van der Waals surface area contributed by atoms with Gasteiger partial charge in [-0.25, -0.2) is 4.79 Å². The Hall–Kier alpha value is -2.50. The number of hydrogen-bond acceptors (Lipinski definition) is 3. The van der Waals surface area contributed by atoms with Crippen LogP contribution >= 0.6 is 0 Å². The van der Waals surface area contributed by atoms with Gasteiger partial charge in [-0.15, -0.1) is 0 Å². The summed E-state index contributed by atoms with van der Waals surface area (Å²) >= 11 is 0. The van der Waals surface area contributed by atoms with Gasteiger partial charge in [0.25, 0.3) is 0 Å². The number of ether oxygens (including phenoxy) is 1. The van der Waals surface area contributed by atoms with E-state index in [2.05, 4.69) is 10.3 Å². The number of carboxylic acid groups (broad SMARTS) is 1. The molecule has 6 nitrogen and oxygen atoms in total. The number of carbonyl (C=O) groups excluding carboxylic acids is 1. The van der Waals surface area contributed by atoms with Crippen molar-refractivity contribution in [1.29, 1.82) is 0 Å². The maximum Gasteiger partial charge on any atom is 0.326 e. The van der Waals surface area contributed by atoms with E-state index in [0.717, 1.165) is 16.5 Å². The summed E-state index contributed by atoms with van der Waals surface area (Å²) in [5.41, 5.74) is 1.72. The highest BCUT2D eigenvalue weighted by atomic mass is 16.5. The number of rotatable bonds is 7. The lowest BCUT2D eigenvalue weighted by Crippen LogP contribution is -2.42. The number of benzene rings is 1. The Morgan fingerprint density at radius 1 is 1.35 bits per heavy atom. The van der Waals surface area contributed by atoms with Crippen LogP contribution in [-0.4, -0.2) is 35.1 Å². The second kappa shape index (κ2) is 7.17. The normalized spacial score (nSPS) is 12.3. The van der Waals surface area contributed by atoms with Crippen molar-refractivity contribution in [2.75, 3.05) is 7.11 Å². The van der Waals surface area contributed by atoms with Crippen LogP contribution in [0.3, 0.4) is 0 Å². The first-order chi connectivity index (χ1) is 10.9. The summed E-state index contributed by atoms with van der Waals surface area (Å²) in [6.07, 6.45) is 2.29. The van der Waals surface area contributed by atoms with Crippen molar-refractivity contribution in [2.45, 2.75) is 32.7 Å². The standard InChI is InChI=1S/C17H22N2O4/c1-10(2)6-15(17(21)22)19-16(20)7-11-9-18-14-5-4-12(23-3)8-13(11)14/h4-5,8-10,15,18H,6-7H2,1-3H3,(H,19,20)(H,21,22). The fourth-order valence-corrected chi connectivity index (χ4v) is 2.54. The summed E-state index contributed by atoms with van der Waals surface area (Å²) < 4.78 is 5.20. The highest BCUT2D eigenvalue weighted by Gasteiger charge is 2.21. The summed E-state index contributed by atoms with van der Waals surface area (Å²) in [6.45, 7) is 3.85. The van der Waals surface area contributed by atoms with Gasteiger partial charge >= 0.3 is 5.97 Å². The average Bonchev–Trinajstić information content (AvgIpc) is 2.88. The Labute approximate surface area is 134 Å². The molecule has 0 fully saturated rings. The highest BCUT2D eigenvalue weighted by Crippen LogP contribution is 2.24. The molecule has 1 aromatic heterocycles. The van der Waals surface area contributed by atoms with E-state index >= 15 is 0 Å². The van der Waals surface area contributed by atoms with E-state index in [4.69, 9.17) is 4.74 Å². The molecule has 0 saturated heterocycles.